The van der Waals surface area contributed by atoms with Crippen molar-refractivity contribution in [1.82, 2.24) is 4.90 Å². The van der Waals surface area contributed by atoms with Crippen molar-refractivity contribution >= 4 is 0 Å². The molecule has 2 aromatic carbocycles. The van der Waals surface area contributed by atoms with Gasteiger partial charge in [-0.15, -0.1) is 0 Å². The van der Waals surface area contributed by atoms with Crippen molar-refractivity contribution < 1.29 is 18.9 Å². The minimum absolute atomic E-state index is 0.000185. The fourth-order valence-electron chi connectivity index (χ4n) is 10.2. The van der Waals surface area contributed by atoms with Gasteiger partial charge in [-0.05, 0) is 75.2 Å². The van der Waals surface area contributed by atoms with Crippen molar-refractivity contribution in [2.24, 2.45) is 16.7 Å². The second-order valence-corrected chi connectivity index (χ2v) is 14.3. The summed E-state index contributed by atoms with van der Waals surface area (Å²) >= 11 is 0. The van der Waals surface area contributed by atoms with Crippen LogP contribution < -0.4 is 9.47 Å². The predicted octanol–water partition coefficient (Wildman–Crippen LogP) is 5.87. The van der Waals surface area contributed by atoms with Crippen molar-refractivity contribution in [1.29, 1.82) is 0 Å². The van der Waals surface area contributed by atoms with Gasteiger partial charge < -0.3 is 23.8 Å². The van der Waals surface area contributed by atoms with Crippen LogP contribution in [0.4, 0.5) is 0 Å². The van der Waals surface area contributed by atoms with E-state index in [1.54, 1.807) is 0 Å². The Hall–Kier alpha value is -2.08. The number of hydrogen-bond donors (Lipinski definition) is 0. The number of nitrogens with zero attached hydrogens (tertiary/aromatic N) is 1. The minimum Gasteiger partial charge on any atom is -0.485 e. The summed E-state index contributed by atoms with van der Waals surface area (Å²) < 4.78 is 27.3. The molecule has 0 N–H and O–H groups in total. The highest BCUT2D eigenvalue weighted by molar-refractivity contribution is 5.64. The molecule has 9 rings (SSSR count). The number of rotatable bonds is 3. The van der Waals surface area contributed by atoms with Gasteiger partial charge in [0, 0.05) is 28.4 Å². The van der Waals surface area contributed by atoms with Crippen LogP contribution in [0.2, 0.25) is 0 Å². The van der Waals surface area contributed by atoms with Gasteiger partial charge >= 0.3 is 0 Å². The number of hydrogen-bond acceptors (Lipinski definition) is 5. The van der Waals surface area contributed by atoms with Crippen LogP contribution in [0.3, 0.4) is 0 Å². The van der Waals surface area contributed by atoms with E-state index in [1.165, 1.54) is 23.1 Å². The summed E-state index contributed by atoms with van der Waals surface area (Å²) in [4.78, 5) is 2.67. The molecule has 5 heteroatoms. The van der Waals surface area contributed by atoms with Crippen LogP contribution in [0.25, 0.3) is 0 Å². The van der Waals surface area contributed by atoms with E-state index < -0.39 is 0 Å². The fraction of sp³-hybridized carbons (Fsp3) is 0.636. The Kier molecular flexibility index (Phi) is 4.60. The van der Waals surface area contributed by atoms with Crippen molar-refractivity contribution in [2.75, 3.05) is 20.4 Å². The highest BCUT2D eigenvalue weighted by Crippen LogP contribution is 2.78. The van der Waals surface area contributed by atoms with Gasteiger partial charge in [-0.2, -0.15) is 0 Å². The molecule has 5 fully saturated rings. The van der Waals surface area contributed by atoms with E-state index in [0.29, 0.717) is 19.4 Å². The second-order valence-electron chi connectivity index (χ2n) is 14.3. The number of likely N-dealkylation sites (N-methyl/N-ethyl adjacent to an activating group) is 1. The monoisotopic (exact) mass is 515 g/mol. The van der Waals surface area contributed by atoms with Gasteiger partial charge in [-0.25, -0.2) is 0 Å². The predicted molar refractivity (Wildman–Crippen MR) is 145 cm³/mol. The summed E-state index contributed by atoms with van der Waals surface area (Å²) in [5, 5.41) is 0. The number of benzene rings is 2. The average molecular weight is 516 g/mol. The molecule has 4 aliphatic carbocycles. The topological polar surface area (TPSA) is 40.2 Å². The molecule has 202 valence electrons. The highest BCUT2D eigenvalue weighted by atomic mass is 16.7. The Labute approximate surface area is 226 Å². The van der Waals surface area contributed by atoms with Crippen LogP contribution in [0, 0.1) is 16.7 Å². The lowest BCUT2D eigenvalue weighted by molar-refractivity contribution is -0.389. The maximum Gasteiger partial charge on any atom is 0.166 e. The average Bonchev–Trinajstić information content (AvgIpc) is 3.27. The van der Waals surface area contributed by atoms with Crippen molar-refractivity contribution in [3.63, 3.8) is 0 Å². The van der Waals surface area contributed by atoms with E-state index in [4.69, 9.17) is 18.9 Å². The van der Waals surface area contributed by atoms with Crippen molar-refractivity contribution in [2.45, 2.75) is 95.2 Å². The lowest BCUT2D eigenvalue weighted by atomic mass is 9.33. The lowest BCUT2D eigenvalue weighted by Gasteiger charge is -2.76. The second kappa shape index (κ2) is 7.35. The summed E-state index contributed by atoms with van der Waals surface area (Å²) in [5.41, 5.74) is 3.60. The molecule has 2 saturated heterocycles. The summed E-state index contributed by atoms with van der Waals surface area (Å²) in [6, 6.07) is 15.5. The molecule has 3 aliphatic heterocycles. The number of fused-ring (bicyclic) bond motifs is 1. The Bertz CT molecular complexity index is 1300. The summed E-state index contributed by atoms with van der Waals surface area (Å²) in [7, 11) is 2.35. The molecule has 7 unspecified atom stereocenters. The standard InChI is InChI=1S/C33H41NO4/c1-29(2,3)30(4)24-18-31-13-14-33(24,37-20-36-30)28-32(31)15-16-34(5)25(31)17-22-11-12-23(27(38-28)26(22)32)35-19-21-9-7-6-8-10-21/h6-12,24-25,28H,13-20H2,1-5H3. The number of likely N-dealkylation sites (tertiary alicyclic amines) is 1. The van der Waals surface area contributed by atoms with E-state index in [-0.39, 0.29) is 39.5 Å². The molecule has 0 amide bonds. The quantitative estimate of drug-likeness (QED) is 0.511. The zero-order chi connectivity index (χ0) is 26.1. The van der Waals surface area contributed by atoms with Gasteiger partial charge in [-0.3, -0.25) is 0 Å². The Balaban J connectivity index is 1.31. The van der Waals surface area contributed by atoms with Gasteiger partial charge in [0.15, 0.2) is 11.5 Å². The summed E-state index contributed by atoms with van der Waals surface area (Å²) in [6.45, 7) is 11.4. The Morgan fingerprint density at radius 3 is 2.63 bits per heavy atom. The molecule has 4 bridgehead atoms. The first-order valence-electron chi connectivity index (χ1n) is 14.6. The number of ether oxygens (including phenoxy) is 4. The first-order chi connectivity index (χ1) is 18.2. The molecule has 38 heavy (non-hydrogen) atoms. The molecular formula is C33H41NO4. The van der Waals surface area contributed by atoms with Crippen LogP contribution >= 0.6 is 0 Å². The summed E-state index contributed by atoms with van der Waals surface area (Å²) in [6.07, 6.45) is 5.60. The lowest BCUT2D eigenvalue weighted by Crippen LogP contribution is -2.84. The van der Waals surface area contributed by atoms with Gasteiger partial charge in [0.1, 0.15) is 25.1 Å². The molecule has 2 aromatic rings. The van der Waals surface area contributed by atoms with Crippen LogP contribution in [0.1, 0.15) is 70.1 Å². The van der Waals surface area contributed by atoms with Gasteiger partial charge in [0.2, 0.25) is 0 Å². The minimum atomic E-state index is -0.340. The van der Waals surface area contributed by atoms with E-state index in [1.807, 2.05) is 0 Å². The van der Waals surface area contributed by atoms with Gasteiger partial charge in [0.05, 0.1) is 5.60 Å². The molecule has 0 aromatic heterocycles. The largest absolute Gasteiger partial charge is 0.485 e. The Morgan fingerprint density at radius 1 is 1.03 bits per heavy atom. The van der Waals surface area contributed by atoms with Gasteiger partial charge in [0.25, 0.3) is 0 Å². The third kappa shape index (κ3) is 2.56. The zero-order valence-electron chi connectivity index (χ0n) is 23.5. The van der Waals surface area contributed by atoms with Crippen LogP contribution in [0.15, 0.2) is 42.5 Å². The van der Waals surface area contributed by atoms with E-state index in [2.05, 4.69) is 82.1 Å². The molecule has 3 saturated carbocycles. The highest BCUT2D eigenvalue weighted by Gasteiger charge is 2.83. The Morgan fingerprint density at radius 2 is 1.84 bits per heavy atom. The maximum atomic E-state index is 7.30. The first-order valence-corrected chi connectivity index (χ1v) is 14.6. The van der Waals surface area contributed by atoms with Crippen molar-refractivity contribution in [3.05, 3.63) is 59.2 Å². The van der Waals surface area contributed by atoms with E-state index in [0.717, 1.165) is 43.7 Å². The van der Waals surface area contributed by atoms with E-state index in [9.17, 15) is 0 Å². The fourth-order valence-corrected chi connectivity index (χ4v) is 10.2. The smallest absolute Gasteiger partial charge is 0.166 e. The number of piperidine rings is 1. The molecule has 7 aliphatic rings. The molecule has 3 spiro atoms. The molecule has 0 radical (unpaired) electrons. The zero-order valence-corrected chi connectivity index (χ0v) is 23.5. The van der Waals surface area contributed by atoms with Crippen LogP contribution in [-0.2, 0) is 27.9 Å². The third-order valence-electron chi connectivity index (χ3n) is 12.3. The molecular weight excluding hydrogens is 474 g/mol. The first kappa shape index (κ1) is 23.8. The maximum absolute atomic E-state index is 7.30. The van der Waals surface area contributed by atoms with Crippen LogP contribution in [0.5, 0.6) is 11.5 Å². The van der Waals surface area contributed by atoms with E-state index >= 15 is 0 Å². The normalized spacial score (nSPS) is 42.3. The molecule has 5 nitrogen and oxygen atoms in total. The SMILES string of the molecule is CN1CCC23c4c5ccc(OCc6ccccc6)c4OC2C24CCC3(CC2C(C)(C(C)(C)C)OCO4)C1C5. The molecule has 7 atom stereocenters. The third-order valence-corrected chi connectivity index (χ3v) is 12.3. The van der Waals surface area contributed by atoms with Crippen LogP contribution in [-0.4, -0.2) is 48.6 Å². The molecule has 3 heterocycles. The van der Waals surface area contributed by atoms with Crippen molar-refractivity contribution in [3.8, 4) is 11.5 Å². The van der Waals surface area contributed by atoms with Gasteiger partial charge in [-0.1, -0.05) is 57.2 Å². The summed E-state index contributed by atoms with van der Waals surface area (Å²) in [5.74, 6) is 2.18.